The predicted octanol–water partition coefficient (Wildman–Crippen LogP) is 1.28. The van der Waals surface area contributed by atoms with Crippen LogP contribution >= 0.6 is 0 Å². The predicted molar refractivity (Wildman–Crippen MR) is 39.5 cm³/mol. The molecule has 0 fully saturated rings. The summed E-state index contributed by atoms with van der Waals surface area (Å²) in [5, 5.41) is 12.1. The van der Waals surface area contributed by atoms with E-state index in [-0.39, 0.29) is 11.4 Å². The van der Waals surface area contributed by atoms with E-state index in [9.17, 15) is 13.2 Å². The lowest BCUT2D eigenvalue weighted by Crippen LogP contribution is -1.94. The maximum Gasteiger partial charge on any atom is 0.207 e. The van der Waals surface area contributed by atoms with Crippen LogP contribution in [0.15, 0.2) is 12.1 Å². The fraction of sp³-hybridized carbons (Fsp3) is 0. The Labute approximate surface area is 75.8 Å². The molecule has 0 spiro atoms. The molecule has 1 N–H and O–H groups in total. The van der Waals surface area contributed by atoms with Crippen molar-refractivity contribution in [1.82, 2.24) is 20.6 Å². The van der Waals surface area contributed by atoms with Gasteiger partial charge < -0.3 is 0 Å². The minimum atomic E-state index is -1.55. The maximum atomic E-state index is 13.1. The van der Waals surface area contributed by atoms with Crippen LogP contribution in [-0.4, -0.2) is 20.6 Å². The fourth-order valence-corrected chi connectivity index (χ4v) is 0.974. The highest BCUT2D eigenvalue weighted by atomic mass is 19.2. The summed E-state index contributed by atoms with van der Waals surface area (Å²) in [4.78, 5) is 0. The second-order valence-corrected chi connectivity index (χ2v) is 2.46. The average Bonchev–Trinajstić information content (AvgIpc) is 2.67. The fourth-order valence-electron chi connectivity index (χ4n) is 0.974. The number of H-pyrrole nitrogens is 1. The number of aromatic nitrogens is 4. The number of tetrazole rings is 1. The number of hydrogen-bond donors (Lipinski definition) is 1. The smallest absolute Gasteiger partial charge is 0.204 e. The molecule has 0 aliphatic heterocycles. The van der Waals surface area contributed by atoms with Crippen molar-refractivity contribution in [3.63, 3.8) is 0 Å². The first-order valence-electron chi connectivity index (χ1n) is 3.57. The Hall–Kier alpha value is -1.92. The van der Waals surface area contributed by atoms with E-state index in [0.717, 1.165) is 12.1 Å². The largest absolute Gasteiger partial charge is 0.207 e. The van der Waals surface area contributed by atoms with Gasteiger partial charge in [-0.1, -0.05) is 0 Å². The molecule has 2 aromatic rings. The third kappa shape index (κ3) is 1.22. The van der Waals surface area contributed by atoms with E-state index in [1.807, 2.05) is 0 Å². The highest BCUT2D eigenvalue weighted by molar-refractivity contribution is 5.54. The normalized spacial score (nSPS) is 10.5. The standard InChI is InChI=1S/C7H3F3N4/c8-4-2-1-3(5(9)6(4)10)7-11-13-14-12-7/h1-2H,(H,11,12,13,14). The summed E-state index contributed by atoms with van der Waals surface area (Å²) < 4.78 is 38.4. The molecule has 14 heavy (non-hydrogen) atoms. The molecule has 0 radical (unpaired) electrons. The molecule has 0 aliphatic carbocycles. The van der Waals surface area contributed by atoms with Crippen molar-refractivity contribution in [2.24, 2.45) is 0 Å². The van der Waals surface area contributed by atoms with E-state index in [1.54, 1.807) is 0 Å². The zero-order valence-corrected chi connectivity index (χ0v) is 6.63. The minimum absolute atomic E-state index is 0.124. The number of halogens is 3. The number of benzene rings is 1. The van der Waals surface area contributed by atoms with E-state index < -0.39 is 17.5 Å². The van der Waals surface area contributed by atoms with Gasteiger partial charge in [-0.05, 0) is 17.3 Å². The Morgan fingerprint density at radius 3 is 2.50 bits per heavy atom. The van der Waals surface area contributed by atoms with E-state index in [2.05, 4.69) is 20.6 Å². The molecule has 72 valence electrons. The summed E-state index contributed by atoms with van der Waals surface area (Å²) in [5.41, 5.74) is -0.238. The number of rotatable bonds is 1. The summed E-state index contributed by atoms with van der Waals surface area (Å²) in [5.74, 6) is -4.25. The zero-order chi connectivity index (χ0) is 10.1. The molecule has 0 amide bonds. The van der Waals surface area contributed by atoms with Crippen LogP contribution in [0.5, 0.6) is 0 Å². The molecule has 0 saturated heterocycles. The molecule has 0 unspecified atom stereocenters. The molecule has 1 aromatic heterocycles. The van der Waals surface area contributed by atoms with Gasteiger partial charge in [-0.2, -0.15) is 5.21 Å². The average molecular weight is 200 g/mol. The summed E-state index contributed by atoms with van der Waals surface area (Å²) in [6.45, 7) is 0. The first-order valence-corrected chi connectivity index (χ1v) is 3.57. The second-order valence-electron chi connectivity index (χ2n) is 2.46. The van der Waals surface area contributed by atoms with Gasteiger partial charge in [0.25, 0.3) is 0 Å². The first kappa shape index (κ1) is 8.67. The topological polar surface area (TPSA) is 54.5 Å². The van der Waals surface area contributed by atoms with Gasteiger partial charge in [0.05, 0.1) is 5.56 Å². The molecule has 7 heteroatoms. The van der Waals surface area contributed by atoms with Crippen LogP contribution in [0.4, 0.5) is 13.2 Å². The van der Waals surface area contributed by atoms with Crippen molar-refractivity contribution >= 4 is 0 Å². The Kier molecular flexibility index (Phi) is 1.91. The molecule has 4 nitrogen and oxygen atoms in total. The van der Waals surface area contributed by atoms with Crippen LogP contribution in [0.3, 0.4) is 0 Å². The molecule has 1 heterocycles. The second kappa shape index (κ2) is 3.09. The number of nitrogens with zero attached hydrogens (tertiary/aromatic N) is 3. The van der Waals surface area contributed by atoms with Crippen LogP contribution in [-0.2, 0) is 0 Å². The summed E-state index contributed by atoms with van der Waals surface area (Å²) in [6, 6.07) is 1.84. The Balaban J connectivity index is 2.61. The van der Waals surface area contributed by atoms with Crippen LogP contribution in [0.25, 0.3) is 11.4 Å². The lowest BCUT2D eigenvalue weighted by Gasteiger charge is -1.98. The van der Waals surface area contributed by atoms with Gasteiger partial charge in [0.2, 0.25) is 5.82 Å². The monoisotopic (exact) mass is 200 g/mol. The maximum absolute atomic E-state index is 13.1. The Bertz CT molecular complexity index is 454. The van der Waals surface area contributed by atoms with Gasteiger partial charge in [-0.3, -0.25) is 0 Å². The van der Waals surface area contributed by atoms with Crippen molar-refractivity contribution in [3.8, 4) is 11.4 Å². The lowest BCUT2D eigenvalue weighted by molar-refractivity contribution is 0.448. The lowest BCUT2D eigenvalue weighted by atomic mass is 10.2. The van der Waals surface area contributed by atoms with Crippen molar-refractivity contribution < 1.29 is 13.2 Å². The molecular formula is C7H3F3N4. The highest BCUT2D eigenvalue weighted by Gasteiger charge is 2.16. The van der Waals surface area contributed by atoms with Gasteiger partial charge in [0, 0.05) is 0 Å². The minimum Gasteiger partial charge on any atom is -0.204 e. The van der Waals surface area contributed by atoms with Gasteiger partial charge in [-0.15, -0.1) is 10.2 Å². The Morgan fingerprint density at radius 1 is 1.07 bits per heavy atom. The molecule has 0 saturated carbocycles. The first-order chi connectivity index (χ1) is 6.70. The summed E-state index contributed by atoms with van der Waals surface area (Å²) in [7, 11) is 0. The van der Waals surface area contributed by atoms with Crippen LogP contribution in [0.2, 0.25) is 0 Å². The van der Waals surface area contributed by atoms with Gasteiger partial charge in [-0.25, -0.2) is 13.2 Å². The number of aromatic amines is 1. The van der Waals surface area contributed by atoms with Crippen molar-refractivity contribution in [3.05, 3.63) is 29.6 Å². The number of nitrogens with one attached hydrogen (secondary N) is 1. The van der Waals surface area contributed by atoms with Gasteiger partial charge >= 0.3 is 0 Å². The quantitative estimate of drug-likeness (QED) is 0.705. The molecule has 0 aliphatic rings. The molecule has 2 rings (SSSR count). The molecule has 1 aromatic carbocycles. The van der Waals surface area contributed by atoms with Crippen LogP contribution < -0.4 is 0 Å². The highest BCUT2D eigenvalue weighted by Crippen LogP contribution is 2.21. The summed E-state index contributed by atoms with van der Waals surface area (Å²) >= 11 is 0. The third-order valence-corrected chi connectivity index (χ3v) is 1.62. The molecule has 0 bridgehead atoms. The van der Waals surface area contributed by atoms with Gasteiger partial charge in [0.1, 0.15) is 0 Å². The Morgan fingerprint density at radius 2 is 1.86 bits per heavy atom. The van der Waals surface area contributed by atoms with Gasteiger partial charge in [0.15, 0.2) is 17.5 Å². The SMILES string of the molecule is Fc1ccc(-c2nn[nH]n2)c(F)c1F. The van der Waals surface area contributed by atoms with Crippen LogP contribution in [0.1, 0.15) is 0 Å². The third-order valence-electron chi connectivity index (χ3n) is 1.62. The van der Waals surface area contributed by atoms with Crippen molar-refractivity contribution in [1.29, 1.82) is 0 Å². The molecular weight excluding hydrogens is 197 g/mol. The number of hydrogen-bond acceptors (Lipinski definition) is 3. The van der Waals surface area contributed by atoms with Crippen molar-refractivity contribution in [2.75, 3.05) is 0 Å². The molecule has 0 atom stereocenters. The summed E-state index contributed by atoms with van der Waals surface area (Å²) in [6.07, 6.45) is 0. The van der Waals surface area contributed by atoms with E-state index in [4.69, 9.17) is 0 Å². The van der Waals surface area contributed by atoms with E-state index in [0.29, 0.717) is 0 Å². The van der Waals surface area contributed by atoms with E-state index in [1.165, 1.54) is 0 Å². The van der Waals surface area contributed by atoms with Crippen molar-refractivity contribution in [2.45, 2.75) is 0 Å². The van der Waals surface area contributed by atoms with Crippen LogP contribution in [0, 0.1) is 17.5 Å². The van der Waals surface area contributed by atoms with E-state index >= 15 is 0 Å². The zero-order valence-electron chi connectivity index (χ0n) is 6.63.